The highest BCUT2D eigenvalue weighted by atomic mass is 127. The Morgan fingerprint density at radius 1 is 1.22 bits per heavy atom. The van der Waals surface area contributed by atoms with Crippen LogP contribution in [0.25, 0.3) is 0 Å². The molecule has 2 heterocycles. The van der Waals surface area contributed by atoms with Gasteiger partial charge in [0.05, 0.1) is 13.7 Å². The Balaban J connectivity index is 0.00000261. The van der Waals surface area contributed by atoms with Crippen molar-refractivity contribution in [1.82, 2.24) is 15.2 Å². The second-order valence-corrected chi connectivity index (χ2v) is 6.67. The first-order valence-electron chi connectivity index (χ1n) is 9.34. The minimum Gasteiger partial charge on any atom is -0.481 e. The summed E-state index contributed by atoms with van der Waals surface area (Å²) in [4.78, 5) is 11.4. The number of hydrogen-bond acceptors (Lipinski definition) is 3. The van der Waals surface area contributed by atoms with Crippen LogP contribution in [0.2, 0.25) is 0 Å². The number of hydrogen-bond donors (Lipinski definition) is 1. The van der Waals surface area contributed by atoms with Crippen molar-refractivity contribution >= 4 is 29.9 Å². The summed E-state index contributed by atoms with van der Waals surface area (Å²) < 4.78 is 5.11. The fourth-order valence-electron chi connectivity index (χ4n) is 3.36. The summed E-state index contributed by atoms with van der Waals surface area (Å²) in [5, 5.41) is 3.43. The molecule has 1 aliphatic heterocycles. The highest BCUT2D eigenvalue weighted by molar-refractivity contribution is 14.0. The second kappa shape index (κ2) is 11.1. The lowest BCUT2D eigenvalue weighted by molar-refractivity contribution is 0.397. The van der Waals surface area contributed by atoms with Crippen LogP contribution in [-0.4, -0.2) is 42.6 Å². The van der Waals surface area contributed by atoms with Crippen LogP contribution in [0.15, 0.2) is 53.7 Å². The van der Waals surface area contributed by atoms with Crippen LogP contribution >= 0.6 is 24.0 Å². The highest BCUT2D eigenvalue weighted by Gasteiger charge is 2.24. The Labute approximate surface area is 179 Å². The number of nitrogens with one attached hydrogen (secondary N) is 1. The second-order valence-electron chi connectivity index (χ2n) is 6.67. The fraction of sp³-hybridized carbons (Fsp3) is 0.429. The summed E-state index contributed by atoms with van der Waals surface area (Å²) >= 11 is 0. The van der Waals surface area contributed by atoms with E-state index in [1.54, 1.807) is 7.11 Å². The molecule has 1 fully saturated rings. The first kappa shape index (κ1) is 21.5. The molecule has 2 aromatic rings. The number of aromatic nitrogens is 1. The molecule has 1 atom stereocenters. The maximum atomic E-state index is 5.11. The van der Waals surface area contributed by atoms with Crippen LogP contribution in [0.1, 0.15) is 24.5 Å². The molecule has 1 saturated heterocycles. The van der Waals surface area contributed by atoms with E-state index < -0.39 is 0 Å². The third-order valence-electron chi connectivity index (χ3n) is 4.71. The summed E-state index contributed by atoms with van der Waals surface area (Å²) in [5.41, 5.74) is 2.51. The fourth-order valence-corrected chi connectivity index (χ4v) is 3.36. The first-order valence-corrected chi connectivity index (χ1v) is 9.34. The lowest BCUT2D eigenvalue weighted by Gasteiger charge is -2.21. The van der Waals surface area contributed by atoms with E-state index in [1.165, 1.54) is 12.0 Å². The van der Waals surface area contributed by atoms with Crippen molar-refractivity contribution in [3.8, 4) is 5.88 Å². The zero-order valence-corrected chi connectivity index (χ0v) is 18.4. The molecule has 1 unspecified atom stereocenters. The maximum Gasteiger partial charge on any atom is 0.212 e. The van der Waals surface area contributed by atoms with Crippen molar-refractivity contribution in [2.45, 2.75) is 26.3 Å². The number of likely N-dealkylation sites (tertiary alicyclic amines) is 1. The van der Waals surface area contributed by atoms with E-state index in [4.69, 9.17) is 9.73 Å². The SMILES string of the molecule is CCNC(=NCc1ccc(OC)nc1)N1CCC(Cc2ccccc2)C1.I. The van der Waals surface area contributed by atoms with Gasteiger partial charge in [0.2, 0.25) is 5.88 Å². The van der Waals surface area contributed by atoms with Crippen LogP contribution in [0.4, 0.5) is 0 Å². The predicted molar refractivity (Wildman–Crippen MR) is 121 cm³/mol. The molecule has 0 saturated carbocycles. The van der Waals surface area contributed by atoms with Crippen LogP contribution in [-0.2, 0) is 13.0 Å². The Morgan fingerprint density at radius 2 is 2.04 bits per heavy atom. The molecule has 3 rings (SSSR count). The normalized spacial score (nSPS) is 16.7. The van der Waals surface area contributed by atoms with Crippen LogP contribution < -0.4 is 10.1 Å². The number of aliphatic imine (C=N–C) groups is 1. The zero-order valence-electron chi connectivity index (χ0n) is 16.1. The van der Waals surface area contributed by atoms with Gasteiger partial charge in [-0.05, 0) is 36.8 Å². The number of nitrogens with zero attached hydrogens (tertiary/aromatic N) is 3. The standard InChI is InChI=1S/C21H28N4O.HI/c1-3-22-21(24-15-19-9-10-20(26-2)23-14-19)25-12-11-18(16-25)13-17-7-5-4-6-8-17;/h4-10,14,18H,3,11-13,15-16H2,1-2H3,(H,22,24);1H. The van der Waals surface area contributed by atoms with E-state index in [0.717, 1.165) is 37.6 Å². The van der Waals surface area contributed by atoms with Crippen molar-refractivity contribution in [2.75, 3.05) is 26.7 Å². The minimum absolute atomic E-state index is 0. The molecule has 27 heavy (non-hydrogen) atoms. The molecule has 0 aliphatic carbocycles. The quantitative estimate of drug-likeness (QED) is 0.389. The van der Waals surface area contributed by atoms with Gasteiger partial charge in [-0.3, -0.25) is 0 Å². The van der Waals surface area contributed by atoms with Crippen LogP contribution in [0.3, 0.4) is 0 Å². The van der Waals surface area contributed by atoms with Crippen molar-refractivity contribution < 1.29 is 4.74 Å². The first-order chi connectivity index (χ1) is 12.8. The Kier molecular flexibility index (Phi) is 8.84. The summed E-state index contributed by atoms with van der Waals surface area (Å²) in [6, 6.07) is 14.7. The number of ether oxygens (including phenoxy) is 1. The molecule has 0 bridgehead atoms. The van der Waals surface area contributed by atoms with Gasteiger partial charge in [0.25, 0.3) is 0 Å². The smallest absolute Gasteiger partial charge is 0.212 e. The lowest BCUT2D eigenvalue weighted by Crippen LogP contribution is -2.40. The molecule has 1 aliphatic rings. The molecule has 1 aromatic heterocycles. The van der Waals surface area contributed by atoms with Crippen molar-refractivity contribution in [2.24, 2.45) is 10.9 Å². The third kappa shape index (κ3) is 6.37. The van der Waals surface area contributed by atoms with E-state index in [-0.39, 0.29) is 24.0 Å². The number of methoxy groups -OCH3 is 1. The van der Waals surface area contributed by atoms with Gasteiger partial charge >= 0.3 is 0 Å². The average Bonchev–Trinajstić information content (AvgIpc) is 3.14. The van der Waals surface area contributed by atoms with Gasteiger partial charge in [-0.2, -0.15) is 0 Å². The Bertz CT molecular complexity index is 706. The van der Waals surface area contributed by atoms with E-state index in [2.05, 4.69) is 52.5 Å². The number of rotatable bonds is 6. The topological polar surface area (TPSA) is 49.8 Å². The third-order valence-corrected chi connectivity index (χ3v) is 4.71. The molecular weight excluding hydrogens is 451 g/mol. The Hall–Kier alpha value is -1.83. The predicted octanol–water partition coefficient (Wildman–Crippen LogP) is 3.74. The van der Waals surface area contributed by atoms with Gasteiger partial charge in [0.15, 0.2) is 5.96 Å². The van der Waals surface area contributed by atoms with Gasteiger partial charge < -0.3 is 15.0 Å². The summed E-state index contributed by atoms with van der Waals surface area (Å²) in [6.07, 6.45) is 4.18. The van der Waals surface area contributed by atoms with Gasteiger partial charge in [0, 0.05) is 31.9 Å². The average molecular weight is 480 g/mol. The lowest BCUT2D eigenvalue weighted by atomic mass is 9.99. The molecule has 146 valence electrons. The van der Waals surface area contributed by atoms with Crippen molar-refractivity contribution in [1.29, 1.82) is 0 Å². The summed E-state index contributed by atoms with van der Waals surface area (Å²) in [5.74, 6) is 2.32. The molecule has 0 radical (unpaired) electrons. The molecule has 1 N–H and O–H groups in total. The van der Waals surface area contributed by atoms with E-state index in [0.29, 0.717) is 18.3 Å². The molecule has 5 nitrogen and oxygen atoms in total. The number of pyridine rings is 1. The molecule has 0 amide bonds. The van der Waals surface area contributed by atoms with Gasteiger partial charge in [0.1, 0.15) is 0 Å². The van der Waals surface area contributed by atoms with Crippen LogP contribution in [0, 0.1) is 5.92 Å². The van der Waals surface area contributed by atoms with Crippen molar-refractivity contribution in [3.63, 3.8) is 0 Å². The molecule has 6 heteroatoms. The largest absolute Gasteiger partial charge is 0.481 e. The van der Waals surface area contributed by atoms with E-state index in [1.807, 2.05) is 18.3 Å². The molecule has 1 aromatic carbocycles. The van der Waals surface area contributed by atoms with Crippen molar-refractivity contribution in [3.05, 3.63) is 59.8 Å². The summed E-state index contributed by atoms with van der Waals surface area (Å²) in [6.45, 7) is 5.73. The van der Waals surface area contributed by atoms with Gasteiger partial charge in [-0.25, -0.2) is 9.98 Å². The highest BCUT2D eigenvalue weighted by Crippen LogP contribution is 2.21. The summed E-state index contributed by atoms with van der Waals surface area (Å²) in [7, 11) is 1.63. The zero-order chi connectivity index (χ0) is 18.2. The Morgan fingerprint density at radius 3 is 2.70 bits per heavy atom. The monoisotopic (exact) mass is 480 g/mol. The van der Waals surface area contributed by atoms with Crippen LogP contribution in [0.5, 0.6) is 5.88 Å². The number of benzene rings is 1. The molecular formula is C21H29IN4O. The van der Waals surface area contributed by atoms with Gasteiger partial charge in [-0.15, -0.1) is 24.0 Å². The maximum absolute atomic E-state index is 5.11. The van der Waals surface area contributed by atoms with E-state index in [9.17, 15) is 0 Å². The minimum atomic E-state index is 0. The molecule has 0 spiro atoms. The number of halogens is 1. The van der Waals surface area contributed by atoms with Gasteiger partial charge in [-0.1, -0.05) is 36.4 Å². The number of guanidine groups is 1. The van der Waals surface area contributed by atoms with E-state index >= 15 is 0 Å².